The molecule has 1 heterocycles. The van der Waals surface area contributed by atoms with E-state index in [4.69, 9.17) is 14.2 Å². The van der Waals surface area contributed by atoms with E-state index in [1.54, 1.807) is 28.3 Å². The van der Waals surface area contributed by atoms with E-state index in [1.165, 1.54) is 0 Å². The molecule has 0 amide bonds. The molecule has 1 aliphatic heterocycles. The first-order valence-corrected chi connectivity index (χ1v) is 6.10. The highest BCUT2D eigenvalue weighted by molar-refractivity contribution is 5.96. The summed E-state index contributed by atoms with van der Waals surface area (Å²) in [5, 5.41) is 3.19. The molecule has 0 aromatic heterocycles. The maximum absolute atomic E-state index is 11.7. The summed E-state index contributed by atoms with van der Waals surface area (Å²) in [5.41, 5.74) is 3.47. The van der Waals surface area contributed by atoms with E-state index in [0.29, 0.717) is 12.2 Å². The number of methoxy groups -OCH3 is 3. The molecule has 1 aliphatic rings. The molecule has 1 aromatic carbocycles. The minimum atomic E-state index is -0.255. The number of ether oxygens (including phenoxy) is 3. The van der Waals surface area contributed by atoms with E-state index in [9.17, 15) is 4.79 Å². The Labute approximate surface area is 112 Å². The Bertz CT molecular complexity index is 487. The zero-order chi connectivity index (χ0) is 14.0. The number of hydrogen-bond donors (Lipinski definition) is 1. The van der Waals surface area contributed by atoms with Gasteiger partial charge in [-0.2, -0.15) is 0 Å². The Hall–Kier alpha value is -1.27. The minimum Gasteiger partial charge on any atom is -0.380 e. The van der Waals surface area contributed by atoms with Crippen LogP contribution in [0.3, 0.4) is 0 Å². The van der Waals surface area contributed by atoms with Gasteiger partial charge in [0.2, 0.25) is 0 Å². The van der Waals surface area contributed by atoms with Crippen LogP contribution in [0.5, 0.6) is 0 Å². The molecule has 104 valence electrons. The topological polar surface area (TPSA) is 56.8 Å². The lowest BCUT2D eigenvalue weighted by Crippen LogP contribution is -2.19. The number of fused-ring (bicyclic) bond motifs is 1. The van der Waals surface area contributed by atoms with Gasteiger partial charge in [-0.05, 0) is 24.6 Å². The van der Waals surface area contributed by atoms with Gasteiger partial charge in [-0.3, -0.25) is 10.1 Å². The largest absolute Gasteiger partial charge is 0.380 e. The lowest BCUT2D eigenvalue weighted by atomic mass is 9.97. The fourth-order valence-corrected chi connectivity index (χ4v) is 2.44. The maximum atomic E-state index is 11.7. The van der Waals surface area contributed by atoms with Crippen molar-refractivity contribution in [3.05, 3.63) is 34.4 Å². The quantitative estimate of drug-likeness (QED) is 0.824. The van der Waals surface area contributed by atoms with Crippen molar-refractivity contribution in [1.29, 1.82) is 0 Å². The molecule has 1 N–H and O–H groups in total. The molecule has 0 fully saturated rings. The molecule has 2 rings (SSSR count). The molecular formula is C14H19NO4. The van der Waals surface area contributed by atoms with Gasteiger partial charge in [-0.1, -0.05) is 0 Å². The van der Waals surface area contributed by atoms with Crippen LogP contribution < -0.4 is 5.32 Å². The highest BCUT2D eigenvalue weighted by Crippen LogP contribution is 2.36. The van der Waals surface area contributed by atoms with E-state index in [2.05, 4.69) is 5.32 Å². The molecule has 2 atom stereocenters. The van der Waals surface area contributed by atoms with E-state index in [0.717, 1.165) is 16.7 Å². The van der Waals surface area contributed by atoms with Gasteiger partial charge in [0.25, 0.3) is 0 Å². The van der Waals surface area contributed by atoms with Crippen LogP contribution in [0.1, 0.15) is 46.4 Å². The normalized spacial score (nSPS) is 21.5. The van der Waals surface area contributed by atoms with Crippen LogP contribution in [-0.4, -0.2) is 27.1 Å². The van der Waals surface area contributed by atoms with Gasteiger partial charge in [0.05, 0.1) is 6.61 Å². The Kier molecular flexibility index (Phi) is 4.31. The van der Waals surface area contributed by atoms with Gasteiger partial charge in [0.1, 0.15) is 12.5 Å². The average Bonchev–Trinajstić information content (AvgIpc) is 2.75. The summed E-state index contributed by atoms with van der Waals surface area (Å²) >= 11 is 0. The predicted molar refractivity (Wildman–Crippen MR) is 69.8 cm³/mol. The third kappa shape index (κ3) is 2.55. The van der Waals surface area contributed by atoms with Crippen molar-refractivity contribution >= 4 is 5.78 Å². The summed E-state index contributed by atoms with van der Waals surface area (Å²) in [6.07, 6.45) is -0.480. The van der Waals surface area contributed by atoms with Crippen molar-refractivity contribution in [3.63, 3.8) is 0 Å². The van der Waals surface area contributed by atoms with E-state index >= 15 is 0 Å². The molecule has 0 saturated heterocycles. The molecule has 0 spiro atoms. The minimum absolute atomic E-state index is 0.0190. The van der Waals surface area contributed by atoms with Crippen molar-refractivity contribution in [2.24, 2.45) is 0 Å². The molecule has 2 unspecified atom stereocenters. The van der Waals surface area contributed by atoms with E-state index in [1.807, 2.05) is 12.1 Å². The van der Waals surface area contributed by atoms with Crippen LogP contribution in [0.2, 0.25) is 0 Å². The van der Waals surface area contributed by atoms with Crippen molar-refractivity contribution in [2.75, 3.05) is 21.3 Å². The summed E-state index contributed by atoms with van der Waals surface area (Å²) in [6.45, 7) is 1.95. The predicted octanol–water partition coefficient (Wildman–Crippen LogP) is 1.93. The Morgan fingerprint density at radius 2 is 1.74 bits per heavy atom. The van der Waals surface area contributed by atoms with Gasteiger partial charge >= 0.3 is 0 Å². The lowest BCUT2D eigenvalue weighted by molar-refractivity contribution is 0.00988. The smallest absolute Gasteiger partial charge is 0.160 e. The third-order valence-corrected chi connectivity index (χ3v) is 3.33. The lowest BCUT2D eigenvalue weighted by Gasteiger charge is -2.12. The zero-order valence-electron chi connectivity index (χ0n) is 11.6. The zero-order valence-corrected chi connectivity index (χ0v) is 11.6. The highest BCUT2D eigenvalue weighted by Gasteiger charge is 2.31. The van der Waals surface area contributed by atoms with Crippen LogP contribution in [-0.2, 0) is 20.8 Å². The van der Waals surface area contributed by atoms with Crippen LogP contribution in [0.15, 0.2) is 12.1 Å². The third-order valence-electron chi connectivity index (χ3n) is 3.33. The standard InChI is InChI=1S/C14H19NO4/c1-8(16)10-6-12-11(5-9(10)7-17-2)13(18-3)15-14(12)19-4/h5-6,13-15H,7H2,1-4H3. The Balaban J connectivity index is 2.53. The second-order valence-electron chi connectivity index (χ2n) is 4.53. The number of carbonyl (C=O) groups is 1. The summed E-state index contributed by atoms with van der Waals surface area (Å²) in [5.74, 6) is 0.0190. The van der Waals surface area contributed by atoms with Crippen molar-refractivity contribution < 1.29 is 19.0 Å². The Morgan fingerprint density at radius 1 is 1.16 bits per heavy atom. The number of benzene rings is 1. The van der Waals surface area contributed by atoms with Crippen LogP contribution in [0, 0.1) is 0 Å². The number of carbonyl (C=O) groups excluding carboxylic acids is 1. The molecule has 19 heavy (non-hydrogen) atoms. The number of hydrogen-bond acceptors (Lipinski definition) is 5. The van der Waals surface area contributed by atoms with Gasteiger partial charge in [0.15, 0.2) is 5.78 Å². The fourth-order valence-electron chi connectivity index (χ4n) is 2.44. The first-order chi connectivity index (χ1) is 9.12. The number of nitrogens with one attached hydrogen (secondary N) is 1. The van der Waals surface area contributed by atoms with Gasteiger partial charge in [0, 0.05) is 38.0 Å². The van der Waals surface area contributed by atoms with Gasteiger partial charge < -0.3 is 14.2 Å². The van der Waals surface area contributed by atoms with Crippen LogP contribution in [0.4, 0.5) is 0 Å². The van der Waals surface area contributed by atoms with Crippen molar-refractivity contribution in [1.82, 2.24) is 5.32 Å². The van der Waals surface area contributed by atoms with E-state index < -0.39 is 0 Å². The van der Waals surface area contributed by atoms with Crippen molar-refractivity contribution in [3.8, 4) is 0 Å². The maximum Gasteiger partial charge on any atom is 0.160 e. The molecule has 1 aromatic rings. The number of ketones is 1. The SMILES string of the molecule is COCc1cc2c(cc1C(C)=O)C(OC)NC2OC. The molecule has 0 bridgehead atoms. The molecule has 0 radical (unpaired) electrons. The highest BCUT2D eigenvalue weighted by atomic mass is 16.5. The first-order valence-electron chi connectivity index (χ1n) is 6.10. The van der Waals surface area contributed by atoms with Gasteiger partial charge in [-0.25, -0.2) is 0 Å². The summed E-state index contributed by atoms with van der Waals surface area (Å²) in [7, 11) is 4.87. The average molecular weight is 265 g/mol. The fraction of sp³-hybridized carbons (Fsp3) is 0.500. The van der Waals surface area contributed by atoms with Gasteiger partial charge in [-0.15, -0.1) is 0 Å². The summed E-state index contributed by atoms with van der Waals surface area (Å²) < 4.78 is 15.9. The van der Waals surface area contributed by atoms with Crippen molar-refractivity contribution in [2.45, 2.75) is 26.0 Å². The number of Topliss-reactive ketones (excluding diaryl/α,β-unsaturated/α-hetero) is 1. The summed E-state index contributed by atoms with van der Waals surface area (Å²) in [4.78, 5) is 11.7. The monoisotopic (exact) mass is 265 g/mol. The number of rotatable bonds is 5. The molecule has 5 heteroatoms. The first kappa shape index (κ1) is 14.1. The molecule has 0 aliphatic carbocycles. The molecule has 0 saturated carbocycles. The second kappa shape index (κ2) is 5.79. The Morgan fingerprint density at radius 3 is 2.21 bits per heavy atom. The molecular weight excluding hydrogens is 246 g/mol. The van der Waals surface area contributed by atoms with Crippen LogP contribution >= 0.6 is 0 Å². The van der Waals surface area contributed by atoms with Crippen LogP contribution in [0.25, 0.3) is 0 Å². The second-order valence-corrected chi connectivity index (χ2v) is 4.53. The molecule has 5 nitrogen and oxygen atoms in total. The van der Waals surface area contributed by atoms with E-state index in [-0.39, 0.29) is 18.2 Å². The summed E-state index contributed by atoms with van der Waals surface area (Å²) in [6, 6.07) is 3.82.